The van der Waals surface area contributed by atoms with E-state index >= 15 is 0 Å². The Labute approximate surface area is 189 Å². The van der Waals surface area contributed by atoms with E-state index in [-0.39, 0.29) is 30.4 Å². The van der Waals surface area contributed by atoms with Crippen LogP contribution in [0.1, 0.15) is 12.3 Å². The van der Waals surface area contributed by atoms with E-state index in [4.69, 9.17) is 23.5 Å². The van der Waals surface area contributed by atoms with E-state index in [1.807, 2.05) is 0 Å². The van der Waals surface area contributed by atoms with Crippen LogP contribution in [0.4, 0.5) is 0 Å². The molecule has 0 fully saturated rings. The Hall–Kier alpha value is -3.64. The summed E-state index contributed by atoms with van der Waals surface area (Å²) < 4.78 is 53.4. The topological polar surface area (TPSA) is 139 Å². The molecule has 0 bridgehead atoms. The van der Waals surface area contributed by atoms with Crippen LogP contribution in [0, 0.1) is 0 Å². The number of sulfonamides is 1. The molecule has 1 aliphatic rings. The smallest absolute Gasteiger partial charge is 0.307 e. The van der Waals surface area contributed by atoms with E-state index in [1.54, 1.807) is 31.4 Å². The number of methoxy groups -OCH3 is 1. The minimum absolute atomic E-state index is 0.0102. The van der Waals surface area contributed by atoms with E-state index < -0.39 is 16.0 Å². The lowest BCUT2D eigenvalue weighted by Crippen LogP contribution is -2.27. The van der Waals surface area contributed by atoms with Gasteiger partial charge in [-0.1, -0.05) is 17.3 Å². The first-order chi connectivity index (χ1) is 15.9. The molecule has 0 saturated carbocycles. The maximum absolute atomic E-state index is 12.5. The third-order valence-electron chi connectivity index (χ3n) is 4.60. The number of nitrogens with zero attached hydrogens (tertiary/aromatic N) is 2. The van der Waals surface area contributed by atoms with Gasteiger partial charge in [0.1, 0.15) is 19.0 Å². The standard InChI is InChI=1S/C21H21N3O8S/c1-28-15-4-2-3-14(11-15)21-23-19(32-24-21)13-31-20(25)7-8-22-33(26,27)16-5-6-17-18(12-16)30-10-9-29-17/h2-6,11-12,22H,7-10,13H2,1H3. The fraction of sp³-hybridized carbons (Fsp3) is 0.286. The molecule has 2 aromatic carbocycles. The second-order valence-corrected chi connectivity index (χ2v) is 8.62. The SMILES string of the molecule is COc1cccc(-c2noc(COC(=O)CCNS(=O)(=O)c3ccc4c(c3)OCCO4)n2)c1. The van der Waals surface area contributed by atoms with Crippen LogP contribution < -0.4 is 18.9 Å². The summed E-state index contributed by atoms with van der Waals surface area (Å²) in [5, 5.41) is 3.85. The Balaban J connectivity index is 1.26. The van der Waals surface area contributed by atoms with Crippen molar-refractivity contribution in [1.82, 2.24) is 14.9 Å². The van der Waals surface area contributed by atoms with Gasteiger partial charge in [0, 0.05) is 18.2 Å². The zero-order valence-corrected chi connectivity index (χ0v) is 18.5. The minimum Gasteiger partial charge on any atom is -0.497 e. The molecule has 33 heavy (non-hydrogen) atoms. The van der Waals surface area contributed by atoms with Crippen molar-refractivity contribution in [3.63, 3.8) is 0 Å². The van der Waals surface area contributed by atoms with E-state index in [2.05, 4.69) is 14.9 Å². The molecular weight excluding hydrogens is 454 g/mol. The highest BCUT2D eigenvalue weighted by atomic mass is 32.2. The number of hydrogen-bond donors (Lipinski definition) is 1. The summed E-state index contributed by atoms with van der Waals surface area (Å²) in [7, 11) is -2.28. The molecule has 11 nitrogen and oxygen atoms in total. The third-order valence-corrected chi connectivity index (χ3v) is 6.06. The van der Waals surface area contributed by atoms with Crippen LogP contribution in [0.3, 0.4) is 0 Å². The van der Waals surface area contributed by atoms with Crippen molar-refractivity contribution in [2.75, 3.05) is 26.9 Å². The van der Waals surface area contributed by atoms with Gasteiger partial charge in [-0.2, -0.15) is 4.98 Å². The monoisotopic (exact) mass is 475 g/mol. The summed E-state index contributed by atoms with van der Waals surface area (Å²) in [6.07, 6.45) is -0.180. The molecule has 0 spiro atoms. The lowest BCUT2D eigenvalue weighted by Gasteiger charge is -2.18. The first-order valence-corrected chi connectivity index (χ1v) is 11.4. The number of fused-ring (bicyclic) bond motifs is 1. The fourth-order valence-electron chi connectivity index (χ4n) is 2.97. The maximum atomic E-state index is 12.5. The summed E-state index contributed by atoms with van der Waals surface area (Å²) >= 11 is 0. The van der Waals surface area contributed by atoms with Gasteiger partial charge in [-0.15, -0.1) is 0 Å². The van der Waals surface area contributed by atoms with E-state index in [1.165, 1.54) is 18.2 Å². The zero-order chi connectivity index (χ0) is 23.3. The van der Waals surface area contributed by atoms with Gasteiger partial charge >= 0.3 is 5.97 Å². The Morgan fingerprint density at radius 2 is 1.94 bits per heavy atom. The van der Waals surface area contributed by atoms with Crippen molar-refractivity contribution in [3.8, 4) is 28.6 Å². The average Bonchev–Trinajstić information content (AvgIpc) is 3.31. The second kappa shape index (κ2) is 9.88. The summed E-state index contributed by atoms with van der Waals surface area (Å²) in [6.45, 7) is 0.376. The van der Waals surface area contributed by atoms with Crippen LogP contribution in [0.2, 0.25) is 0 Å². The molecule has 174 valence electrons. The Bertz CT molecular complexity index is 1240. The number of hydrogen-bond acceptors (Lipinski definition) is 10. The van der Waals surface area contributed by atoms with E-state index in [0.29, 0.717) is 41.9 Å². The first kappa shape index (κ1) is 22.6. The molecule has 0 unspecified atom stereocenters. The molecular formula is C21H21N3O8S. The van der Waals surface area contributed by atoms with Gasteiger partial charge in [-0.05, 0) is 24.3 Å². The van der Waals surface area contributed by atoms with Crippen LogP contribution in [-0.4, -0.2) is 51.4 Å². The number of rotatable bonds is 9. The molecule has 2 heterocycles. The van der Waals surface area contributed by atoms with Crippen LogP contribution in [0.15, 0.2) is 51.9 Å². The van der Waals surface area contributed by atoms with Crippen molar-refractivity contribution >= 4 is 16.0 Å². The number of nitrogens with one attached hydrogen (secondary N) is 1. The van der Waals surface area contributed by atoms with Gasteiger partial charge in [0.05, 0.1) is 18.4 Å². The van der Waals surface area contributed by atoms with Crippen molar-refractivity contribution in [1.29, 1.82) is 0 Å². The highest BCUT2D eigenvalue weighted by Gasteiger charge is 2.20. The summed E-state index contributed by atoms with van der Waals surface area (Å²) in [4.78, 5) is 16.2. The molecule has 0 radical (unpaired) electrons. The van der Waals surface area contributed by atoms with Gasteiger partial charge in [-0.3, -0.25) is 4.79 Å². The highest BCUT2D eigenvalue weighted by Crippen LogP contribution is 2.32. The molecule has 0 atom stereocenters. The predicted molar refractivity (Wildman–Crippen MR) is 113 cm³/mol. The molecule has 0 aliphatic carbocycles. The lowest BCUT2D eigenvalue weighted by molar-refractivity contribution is -0.145. The number of benzene rings is 2. The first-order valence-electron chi connectivity index (χ1n) is 9.96. The van der Waals surface area contributed by atoms with Crippen molar-refractivity contribution < 1.29 is 36.7 Å². The van der Waals surface area contributed by atoms with Gasteiger partial charge in [-0.25, -0.2) is 13.1 Å². The van der Waals surface area contributed by atoms with Gasteiger partial charge in [0.25, 0.3) is 5.89 Å². The van der Waals surface area contributed by atoms with Gasteiger partial charge < -0.3 is 23.5 Å². The molecule has 12 heteroatoms. The molecule has 0 amide bonds. The van der Waals surface area contributed by atoms with Crippen LogP contribution in [0.25, 0.3) is 11.4 Å². The van der Waals surface area contributed by atoms with Crippen LogP contribution >= 0.6 is 0 Å². The van der Waals surface area contributed by atoms with Crippen molar-refractivity contribution in [2.24, 2.45) is 0 Å². The second-order valence-electron chi connectivity index (χ2n) is 6.86. The average molecular weight is 475 g/mol. The minimum atomic E-state index is -3.83. The van der Waals surface area contributed by atoms with E-state index in [9.17, 15) is 13.2 Å². The number of esters is 1. The lowest BCUT2D eigenvalue weighted by atomic mass is 10.2. The van der Waals surface area contributed by atoms with Gasteiger partial charge in [0.2, 0.25) is 15.8 Å². The third kappa shape index (κ3) is 5.59. The Morgan fingerprint density at radius 3 is 2.76 bits per heavy atom. The normalized spacial score (nSPS) is 12.9. The zero-order valence-electron chi connectivity index (χ0n) is 17.6. The predicted octanol–water partition coefficient (Wildman–Crippen LogP) is 1.93. The quantitative estimate of drug-likeness (QED) is 0.457. The summed E-state index contributed by atoms with van der Waals surface area (Å²) in [5.74, 6) is 1.30. The van der Waals surface area contributed by atoms with Crippen LogP contribution in [0.5, 0.6) is 17.2 Å². The number of carbonyl (C=O) groups excluding carboxylic acids is 1. The summed E-state index contributed by atoms with van der Waals surface area (Å²) in [5.41, 5.74) is 0.684. The molecule has 1 aliphatic heterocycles. The maximum Gasteiger partial charge on any atom is 0.307 e. The van der Waals surface area contributed by atoms with E-state index in [0.717, 1.165) is 0 Å². The molecule has 1 N–H and O–H groups in total. The Morgan fingerprint density at radius 1 is 1.12 bits per heavy atom. The highest BCUT2D eigenvalue weighted by molar-refractivity contribution is 7.89. The largest absolute Gasteiger partial charge is 0.497 e. The van der Waals surface area contributed by atoms with Crippen LogP contribution in [-0.2, 0) is 26.2 Å². The van der Waals surface area contributed by atoms with Crippen molar-refractivity contribution in [3.05, 3.63) is 48.4 Å². The molecule has 1 aromatic heterocycles. The fourth-order valence-corrected chi connectivity index (χ4v) is 4.02. The molecule has 3 aromatic rings. The van der Waals surface area contributed by atoms with Gasteiger partial charge in [0.15, 0.2) is 18.1 Å². The molecule has 4 rings (SSSR count). The summed E-state index contributed by atoms with van der Waals surface area (Å²) in [6, 6.07) is 11.4. The number of aromatic nitrogens is 2. The Kier molecular flexibility index (Phi) is 6.75. The number of ether oxygens (including phenoxy) is 4. The van der Waals surface area contributed by atoms with Crippen molar-refractivity contribution in [2.45, 2.75) is 17.9 Å². The molecule has 0 saturated heterocycles. The number of carbonyl (C=O) groups is 1.